The van der Waals surface area contributed by atoms with Crippen molar-refractivity contribution in [3.8, 4) is 11.3 Å². The van der Waals surface area contributed by atoms with Crippen molar-refractivity contribution < 1.29 is 17.9 Å². The Balaban J connectivity index is 1.79. The number of anilines is 1. The molecule has 1 aromatic heterocycles. The number of halogens is 1. The number of aromatic nitrogens is 1. The molecule has 0 saturated heterocycles. The molecule has 0 unspecified atom stereocenters. The van der Waals surface area contributed by atoms with Crippen LogP contribution in [-0.2, 0) is 26.0 Å². The molecule has 31 heavy (non-hydrogen) atoms. The molecule has 6 nitrogen and oxygen atoms in total. The summed E-state index contributed by atoms with van der Waals surface area (Å²) in [7, 11) is -2.47. The van der Waals surface area contributed by atoms with Crippen LogP contribution in [0.2, 0.25) is 5.02 Å². The van der Waals surface area contributed by atoms with E-state index in [0.29, 0.717) is 11.3 Å². The first-order valence-corrected chi connectivity index (χ1v) is 11.3. The number of carbonyl (C=O) groups excluding carboxylic acids is 1. The van der Waals surface area contributed by atoms with Gasteiger partial charge >= 0.3 is 5.97 Å². The number of fused-ring (bicyclic) bond motifs is 1. The summed E-state index contributed by atoms with van der Waals surface area (Å²) in [6.07, 6.45) is 0.0730. The first-order valence-electron chi connectivity index (χ1n) is 9.43. The summed E-state index contributed by atoms with van der Waals surface area (Å²) in [6, 6.07) is 20.7. The van der Waals surface area contributed by atoms with Crippen molar-refractivity contribution in [2.75, 3.05) is 11.8 Å². The summed E-state index contributed by atoms with van der Waals surface area (Å²) in [5, 5.41) is 1.15. The van der Waals surface area contributed by atoms with Crippen molar-refractivity contribution >= 4 is 44.2 Å². The maximum atomic E-state index is 12.8. The quantitative estimate of drug-likeness (QED) is 0.401. The number of methoxy groups -OCH3 is 1. The number of ether oxygens (including phenoxy) is 1. The Morgan fingerprint density at radius 2 is 1.74 bits per heavy atom. The van der Waals surface area contributed by atoms with Gasteiger partial charge in [-0.25, -0.2) is 8.42 Å². The normalized spacial score (nSPS) is 11.4. The molecular formula is C23H19ClN2O4S. The molecule has 0 fully saturated rings. The number of esters is 1. The highest BCUT2D eigenvalue weighted by Gasteiger charge is 2.19. The summed E-state index contributed by atoms with van der Waals surface area (Å²) in [6.45, 7) is 0. The van der Waals surface area contributed by atoms with Gasteiger partial charge in [-0.05, 0) is 35.9 Å². The summed E-state index contributed by atoms with van der Waals surface area (Å²) < 4.78 is 32.9. The molecule has 2 N–H and O–H groups in total. The SMILES string of the molecule is COC(=O)Cc1c(-c2ccc(Cl)c(NS(=O)(=O)c3ccccc3)c2)[nH]c2ccccc12. The molecule has 0 bridgehead atoms. The Morgan fingerprint density at radius 1 is 1.03 bits per heavy atom. The van der Waals surface area contributed by atoms with E-state index in [1.807, 2.05) is 24.3 Å². The van der Waals surface area contributed by atoms with Gasteiger partial charge in [-0.15, -0.1) is 0 Å². The molecule has 4 rings (SSSR count). The van der Waals surface area contributed by atoms with Crippen LogP contribution in [0.1, 0.15) is 5.56 Å². The standard InChI is InChI=1S/C23H19ClN2O4S/c1-30-22(27)14-18-17-9-5-6-10-20(17)25-23(18)15-11-12-19(24)21(13-15)26-31(28,29)16-7-3-2-4-8-16/h2-13,25-26H,14H2,1H3. The Labute approximate surface area is 184 Å². The largest absolute Gasteiger partial charge is 0.469 e. The van der Waals surface area contributed by atoms with E-state index in [1.54, 1.807) is 36.4 Å². The third-order valence-electron chi connectivity index (χ3n) is 4.92. The van der Waals surface area contributed by atoms with E-state index in [4.69, 9.17) is 16.3 Å². The molecule has 0 aliphatic carbocycles. The van der Waals surface area contributed by atoms with Gasteiger partial charge in [0.25, 0.3) is 10.0 Å². The van der Waals surface area contributed by atoms with E-state index in [0.717, 1.165) is 16.5 Å². The molecule has 0 spiro atoms. The molecule has 0 saturated carbocycles. The van der Waals surface area contributed by atoms with E-state index in [2.05, 4.69) is 9.71 Å². The maximum Gasteiger partial charge on any atom is 0.310 e. The fourth-order valence-corrected chi connectivity index (χ4v) is 4.72. The average Bonchev–Trinajstić information content (AvgIpc) is 3.14. The smallest absolute Gasteiger partial charge is 0.310 e. The minimum atomic E-state index is -3.81. The number of benzene rings is 3. The van der Waals surface area contributed by atoms with Crippen LogP contribution in [-0.4, -0.2) is 26.5 Å². The molecule has 0 radical (unpaired) electrons. The highest BCUT2D eigenvalue weighted by atomic mass is 35.5. The predicted octanol–water partition coefficient (Wildman–Crippen LogP) is 5.00. The zero-order valence-corrected chi connectivity index (χ0v) is 18.1. The lowest BCUT2D eigenvalue weighted by Gasteiger charge is -2.12. The number of nitrogens with one attached hydrogen (secondary N) is 2. The topological polar surface area (TPSA) is 88.3 Å². The van der Waals surface area contributed by atoms with Crippen molar-refractivity contribution in [1.82, 2.24) is 4.98 Å². The van der Waals surface area contributed by atoms with Gasteiger partial charge in [0.05, 0.1) is 34.8 Å². The minimum absolute atomic E-state index is 0.0730. The fraction of sp³-hybridized carbons (Fsp3) is 0.0870. The molecule has 0 aliphatic heterocycles. The second-order valence-electron chi connectivity index (χ2n) is 6.89. The van der Waals surface area contributed by atoms with E-state index >= 15 is 0 Å². The van der Waals surface area contributed by atoms with E-state index in [9.17, 15) is 13.2 Å². The van der Waals surface area contributed by atoms with Gasteiger partial charge < -0.3 is 9.72 Å². The molecule has 158 valence electrons. The van der Waals surface area contributed by atoms with E-state index in [1.165, 1.54) is 19.2 Å². The third kappa shape index (κ3) is 4.28. The van der Waals surface area contributed by atoms with Crippen LogP contribution in [0.3, 0.4) is 0 Å². The molecule has 3 aromatic carbocycles. The van der Waals surface area contributed by atoms with Crippen LogP contribution in [0.15, 0.2) is 77.7 Å². The van der Waals surface area contributed by atoms with Gasteiger partial charge in [0, 0.05) is 16.5 Å². The van der Waals surface area contributed by atoms with Crippen LogP contribution in [0.25, 0.3) is 22.2 Å². The lowest BCUT2D eigenvalue weighted by Crippen LogP contribution is -2.13. The second-order valence-corrected chi connectivity index (χ2v) is 8.98. The van der Waals surface area contributed by atoms with Gasteiger partial charge in [0.15, 0.2) is 0 Å². The van der Waals surface area contributed by atoms with Crippen LogP contribution in [0.5, 0.6) is 0 Å². The number of carbonyl (C=O) groups is 1. The number of hydrogen-bond donors (Lipinski definition) is 2. The van der Waals surface area contributed by atoms with Gasteiger partial charge in [-0.3, -0.25) is 9.52 Å². The van der Waals surface area contributed by atoms with Crippen molar-refractivity contribution in [2.45, 2.75) is 11.3 Å². The highest BCUT2D eigenvalue weighted by Crippen LogP contribution is 2.35. The summed E-state index contributed by atoms with van der Waals surface area (Å²) in [5.74, 6) is -0.370. The fourth-order valence-electron chi connectivity index (χ4n) is 3.41. The average molecular weight is 455 g/mol. The Kier molecular flexibility index (Phi) is 5.71. The van der Waals surface area contributed by atoms with Crippen molar-refractivity contribution in [2.24, 2.45) is 0 Å². The molecule has 8 heteroatoms. The highest BCUT2D eigenvalue weighted by molar-refractivity contribution is 7.92. The number of rotatable bonds is 6. The lowest BCUT2D eigenvalue weighted by atomic mass is 10.0. The number of H-pyrrole nitrogens is 1. The summed E-state index contributed by atoms with van der Waals surface area (Å²) >= 11 is 6.29. The van der Waals surface area contributed by atoms with Crippen LogP contribution < -0.4 is 4.72 Å². The maximum absolute atomic E-state index is 12.8. The third-order valence-corrected chi connectivity index (χ3v) is 6.63. The Bertz CT molecular complexity index is 1370. The first-order chi connectivity index (χ1) is 14.9. The monoisotopic (exact) mass is 454 g/mol. The molecule has 0 atom stereocenters. The molecule has 0 aliphatic rings. The van der Waals surface area contributed by atoms with Crippen LogP contribution >= 0.6 is 11.6 Å². The predicted molar refractivity (Wildman–Crippen MR) is 122 cm³/mol. The summed E-state index contributed by atoms with van der Waals surface area (Å²) in [5.41, 5.74) is 3.25. The van der Waals surface area contributed by atoms with Crippen LogP contribution in [0.4, 0.5) is 5.69 Å². The zero-order valence-electron chi connectivity index (χ0n) is 16.6. The van der Waals surface area contributed by atoms with Crippen molar-refractivity contribution in [3.05, 3.63) is 83.4 Å². The Hall–Kier alpha value is -3.29. The lowest BCUT2D eigenvalue weighted by molar-refractivity contribution is -0.139. The van der Waals surface area contributed by atoms with Crippen LogP contribution in [0, 0.1) is 0 Å². The van der Waals surface area contributed by atoms with Crippen molar-refractivity contribution in [3.63, 3.8) is 0 Å². The number of aromatic amines is 1. The second kappa shape index (κ2) is 8.45. The number of para-hydroxylation sites is 1. The minimum Gasteiger partial charge on any atom is -0.469 e. The number of hydrogen-bond acceptors (Lipinski definition) is 4. The van der Waals surface area contributed by atoms with E-state index < -0.39 is 10.0 Å². The van der Waals surface area contributed by atoms with Gasteiger partial charge in [-0.1, -0.05) is 54.1 Å². The summed E-state index contributed by atoms with van der Waals surface area (Å²) in [4.78, 5) is 15.5. The van der Waals surface area contributed by atoms with Gasteiger partial charge in [0.2, 0.25) is 0 Å². The molecule has 0 amide bonds. The molecule has 1 heterocycles. The van der Waals surface area contributed by atoms with E-state index in [-0.39, 0.29) is 28.0 Å². The Morgan fingerprint density at radius 3 is 2.48 bits per heavy atom. The molecule has 4 aromatic rings. The van der Waals surface area contributed by atoms with Crippen molar-refractivity contribution in [1.29, 1.82) is 0 Å². The van der Waals surface area contributed by atoms with Gasteiger partial charge in [-0.2, -0.15) is 0 Å². The zero-order chi connectivity index (χ0) is 22.0. The van der Waals surface area contributed by atoms with Gasteiger partial charge in [0.1, 0.15) is 0 Å². The first kappa shape index (κ1) is 21.0. The number of sulfonamides is 1. The molecular weight excluding hydrogens is 436 g/mol.